The molecule has 0 saturated heterocycles. The maximum Gasteiger partial charge on any atom is 0.211 e. The highest BCUT2D eigenvalue weighted by Gasteiger charge is 2.11. The summed E-state index contributed by atoms with van der Waals surface area (Å²) in [7, 11) is 1.81. The van der Waals surface area contributed by atoms with Gasteiger partial charge in [0.15, 0.2) is 11.3 Å². The van der Waals surface area contributed by atoms with Gasteiger partial charge in [0, 0.05) is 44.8 Å². The molecule has 0 spiro atoms. The molecule has 0 radical (unpaired) electrons. The molecular weight excluding hydrogens is 336 g/mol. The zero-order chi connectivity index (χ0) is 18.4. The first-order valence-electron chi connectivity index (χ1n) is 8.01. The van der Waals surface area contributed by atoms with E-state index in [2.05, 4.69) is 46.2 Å². The van der Waals surface area contributed by atoms with Crippen molar-refractivity contribution in [3.05, 3.63) is 34.7 Å². The van der Waals surface area contributed by atoms with Gasteiger partial charge in [-0.2, -0.15) is 5.10 Å². The molecule has 2 heterocycles. The molecule has 0 aliphatic carbocycles. The van der Waals surface area contributed by atoms with Gasteiger partial charge in [-0.05, 0) is 18.9 Å². The summed E-state index contributed by atoms with van der Waals surface area (Å²) in [5, 5.41) is 26.9. The maximum absolute atomic E-state index is 8.36. The van der Waals surface area contributed by atoms with E-state index in [0.29, 0.717) is 23.4 Å². The van der Waals surface area contributed by atoms with Gasteiger partial charge in [0.05, 0.1) is 0 Å². The van der Waals surface area contributed by atoms with Gasteiger partial charge >= 0.3 is 0 Å². The van der Waals surface area contributed by atoms with Crippen LogP contribution in [-0.2, 0) is 6.54 Å². The van der Waals surface area contributed by atoms with Crippen molar-refractivity contribution in [2.75, 3.05) is 12.4 Å². The van der Waals surface area contributed by atoms with Crippen LogP contribution >= 0.6 is 11.3 Å². The molecule has 0 bridgehead atoms. The summed E-state index contributed by atoms with van der Waals surface area (Å²) in [6, 6.07) is 0. The Labute approximate surface area is 151 Å². The van der Waals surface area contributed by atoms with E-state index in [0.717, 1.165) is 17.0 Å². The molecule has 25 heavy (non-hydrogen) atoms. The van der Waals surface area contributed by atoms with Crippen molar-refractivity contribution in [3.8, 4) is 0 Å². The Kier molecular flexibility index (Phi) is 6.40. The third-order valence-electron chi connectivity index (χ3n) is 3.71. The number of hydrogen-bond acceptors (Lipinski definition) is 8. The van der Waals surface area contributed by atoms with E-state index >= 15 is 0 Å². The highest BCUT2D eigenvalue weighted by atomic mass is 32.1. The summed E-state index contributed by atoms with van der Waals surface area (Å²) >= 11 is 1.50. The summed E-state index contributed by atoms with van der Waals surface area (Å²) in [4.78, 5) is 4.25. The first kappa shape index (κ1) is 18.8. The SMILES string of the molecule is C=NN(C)/C=C(\C)Cn1ccnc(Nc2nnc(C(C)CC)s2)c1=N. The standard InChI is InChI=1S/C16H24N8S/c1-6-12(3)15-21-22-16(25-15)20-14-13(17)24(8-7-19-14)10-11(2)9-23(5)18-4/h7-9,12,17H,4,6,10H2,1-3,5H3,(H,19,20,22)/b11-9+,17-13?. The van der Waals surface area contributed by atoms with Crippen LogP contribution in [0.3, 0.4) is 0 Å². The lowest BCUT2D eigenvalue weighted by molar-refractivity contribution is 0.486. The van der Waals surface area contributed by atoms with Gasteiger partial charge in [-0.25, -0.2) is 4.98 Å². The van der Waals surface area contributed by atoms with Gasteiger partial charge < -0.3 is 9.88 Å². The van der Waals surface area contributed by atoms with Crippen LogP contribution in [0.15, 0.2) is 29.3 Å². The van der Waals surface area contributed by atoms with Crippen molar-refractivity contribution in [3.63, 3.8) is 0 Å². The molecule has 0 aromatic carbocycles. The zero-order valence-corrected chi connectivity index (χ0v) is 15.8. The Hall–Kier alpha value is -2.55. The van der Waals surface area contributed by atoms with E-state index in [-0.39, 0.29) is 5.49 Å². The maximum atomic E-state index is 8.36. The number of nitrogens with one attached hydrogen (secondary N) is 2. The summed E-state index contributed by atoms with van der Waals surface area (Å²) < 4.78 is 1.80. The molecule has 0 saturated carbocycles. The van der Waals surface area contributed by atoms with Crippen molar-refractivity contribution in [1.82, 2.24) is 24.8 Å². The van der Waals surface area contributed by atoms with Gasteiger partial charge in [0.2, 0.25) is 5.13 Å². The van der Waals surface area contributed by atoms with Gasteiger partial charge in [-0.15, -0.1) is 10.2 Å². The Bertz CT molecular complexity index is 806. The highest BCUT2D eigenvalue weighted by Crippen LogP contribution is 2.26. The Morgan fingerprint density at radius 3 is 3.00 bits per heavy atom. The van der Waals surface area contributed by atoms with Gasteiger partial charge in [-0.3, -0.25) is 10.4 Å². The predicted molar refractivity (Wildman–Crippen MR) is 101 cm³/mol. The normalized spacial score (nSPS) is 12.7. The molecule has 2 aromatic heterocycles. The van der Waals surface area contributed by atoms with Crippen LogP contribution in [0.5, 0.6) is 0 Å². The average Bonchev–Trinajstić information content (AvgIpc) is 3.06. The predicted octanol–water partition coefficient (Wildman–Crippen LogP) is 2.92. The molecule has 2 N–H and O–H groups in total. The fraction of sp³-hybridized carbons (Fsp3) is 0.438. The molecule has 1 atom stereocenters. The number of nitrogens with zero attached hydrogens (tertiary/aromatic N) is 6. The number of hydrogen-bond donors (Lipinski definition) is 2. The minimum absolute atomic E-state index is 0.282. The number of hydrazone groups is 1. The second kappa shape index (κ2) is 8.52. The molecular formula is C16H24N8S. The van der Waals surface area contributed by atoms with Crippen molar-refractivity contribution >= 4 is 29.0 Å². The second-order valence-corrected chi connectivity index (χ2v) is 6.83. The fourth-order valence-corrected chi connectivity index (χ4v) is 2.99. The quantitative estimate of drug-likeness (QED) is 0.557. The Morgan fingerprint density at radius 1 is 1.56 bits per heavy atom. The van der Waals surface area contributed by atoms with Gasteiger partial charge in [0.25, 0.3) is 0 Å². The van der Waals surface area contributed by atoms with E-state index in [1.165, 1.54) is 11.3 Å². The lowest BCUT2D eigenvalue weighted by atomic mass is 10.1. The molecule has 0 fully saturated rings. The van der Waals surface area contributed by atoms with E-state index < -0.39 is 0 Å². The third-order valence-corrected chi connectivity index (χ3v) is 4.78. The van der Waals surface area contributed by atoms with Crippen molar-refractivity contribution in [2.45, 2.75) is 39.7 Å². The van der Waals surface area contributed by atoms with E-state index in [9.17, 15) is 0 Å². The summed E-state index contributed by atoms with van der Waals surface area (Å²) in [5.41, 5.74) is 1.32. The number of anilines is 2. The molecule has 0 amide bonds. The topological polar surface area (TPSA) is 95.1 Å². The largest absolute Gasteiger partial charge is 0.325 e. The van der Waals surface area contributed by atoms with Gasteiger partial charge in [0.1, 0.15) is 5.01 Å². The second-order valence-electron chi connectivity index (χ2n) is 5.82. The van der Waals surface area contributed by atoms with Crippen LogP contribution in [0, 0.1) is 5.41 Å². The van der Waals surface area contributed by atoms with Crippen LogP contribution in [0.25, 0.3) is 0 Å². The van der Waals surface area contributed by atoms with Crippen molar-refractivity contribution in [1.29, 1.82) is 5.41 Å². The average molecular weight is 360 g/mol. The molecule has 0 aliphatic rings. The molecule has 2 rings (SSSR count). The van der Waals surface area contributed by atoms with E-state index in [1.54, 1.807) is 22.0 Å². The first-order chi connectivity index (χ1) is 11.9. The Balaban J connectivity index is 2.18. The molecule has 1 unspecified atom stereocenters. The monoisotopic (exact) mass is 360 g/mol. The van der Waals surface area contributed by atoms with Crippen LogP contribution in [-0.4, -0.2) is 38.5 Å². The molecule has 0 aliphatic heterocycles. The fourth-order valence-electron chi connectivity index (χ4n) is 2.11. The summed E-state index contributed by atoms with van der Waals surface area (Å²) in [6.45, 7) is 10.3. The molecule has 9 heteroatoms. The van der Waals surface area contributed by atoms with E-state index in [1.807, 2.05) is 20.2 Å². The molecule has 8 nitrogen and oxygen atoms in total. The minimum Gasteiger partial charge on any atom is -0.325 e. The summed E-state index contributed by atoms with van der Waals surface area (Å²) in [6.07, 6.45) is 6.33. The summed E-state index contributed by atoms with van der Waals surface area (Å²) in [5.74, 6) is 0.831. The number of aromatic nitrogens is 4. The minimum atomic E-state index is 0.282. The lowest BCUT2D eigenvalue weighted by Gasteiger charge is -2.12. The van der Waals surface area contributed by atoms with Crippen LogP contribution in [0.2, 0.25) is 0 Å². The van der Waals surface area contributed by atoms with Gasteiger partial charge in [-0.1, -0.05) is 25.2 Å². The van der Waals surface area contributed by atoms with Crippen molar-refractivity contribution < 1.29 is 0 Å². The van der Waals surface area contributed by atoms with Crippen LogP contribution < -0.4 is 10.8 Å². The van der Waals surface area contributed by atoms with Crippen LogP contribution in [0.4, 0.5) is 10.9 Å². The number of allylic oxidation sites excluding steroid dienone is 1. The third kappa shape index (κ3) is 4.96. The Morgan fingerprint density at radius 2 is 2.32 bits per heavy atom. The highest BCUT2D eigenvalue weighted by molar-refractivity contribution is 7.15. The van der Waals surface area contributed by atoms with E-state index in [4.69, 9.17) is 5.41 Å². The molecule has 134 valence electrons. The first-order valence-corrected chi connectivity index (χ1v) is 8.83. The van der Waals surface area contributed by atoms with Crippen LogP contribution in [0.1, 0.15) is 38.1 Å². The van der Waals surface area contributed by atoms with Crippen molar-refractivity contribution in [2.24, 2.45) is 5.10 Å². The smallest absolute Gasteiger partial charge is 0.211 e. The molecule has 2 aromatic rings. The zero-order valence-electron chi connectivity index (χ0n) is 15.0. The number of rotatable bonds is 8. The lowest BCUT2D eigenvalue weighted by Crippen LogP contribution is -2.24.